The van der Waals surface area contributed by atoms with Gasteiger partial charge in [0.2, 0.25) is 0 Å². The first-order chi connectivity index (χ1) is 11.8. The van der Waals surface area contributed by atoms with Crippen molar-refractivity contribution in [3.63, 3.8) is 0 Å². The van der Waals surface area contributed by atoms with Gasteiger partial charge in [-0.25, -0.2) is 0 Å². The summed E-state index contributed by atoms with van der Waals surface area (Å²) < 4.78 is 1.57. The van der Waals surface area contributed by atoms with Gasteiger partial charge in [-0.05, 0) is 0 Å². The molecule has 0 aliphatic carbocycles. The van der Waals surface area contributed by atoms with E-state index >= 15 is 0 Å². The molecule has 130 valence electrons. The van der Waals surface area contributed by atoms with E-state index in [0.717, 1.165) is 0 Å². The SMILES string of the molecule is CCCCCCCCCCCCc1c[c]([SnH])sc1-c1ccccc1. The van der Waals surface area contributed by atoms with Crippen LogP contribution >= 0.6 is 11.3 Å². The van der Waals surface area contributed by atoms with Crippen molar-refractivity contribution in [1.82, 2.24) is 0 Å². The Morgan fingerprint density at radius 1 is 0.792 bits per heavy atom. The van der Waals surface area contributed by atoms with Crippen molar-refractivity contribution >= 4 is 36.8 Å². The second-order valence-electron chi connectivity index (χ2n) is 6.80. The van der Waals surface area contributed by atoms with Crippen LogP contribution in [0.1, 0.15) is 76.7 Å². The molecule has 0 spiro atoms. The second-order valence-corrected chi connectivity index (χ2v) is 10.9. The summed E-state index contributed by atoms with van der Waals surface area (Å²) in [5, 5.41) is 0. The van der Waals surface area contributed by atoms with Gasteiger partial charge in [0.1, 0.15) is 0 Å². The van der Waals surface area contributed by atoms with Crippen molar-refractivity contribution in [2.45, 2.75) is 77.6 Å². The maximum absolute atomic E-state index is 2.46. The van der Waals surface area contributed by atoms with Gasteiger partial charge >= 0.3 is 147 Å². The quantitative estimate of drug-likeness (QED) is 0.261. The molecule has 0 aliphatic heterocycles. The van der Waals surface area contributed by atoms with Gasteiger partial charge in [0, 0.05) is 0 Å². The third-order valence-corrected chi connectivity index (χ3v) is 7.20. The van der Waals surface area contributed by atoms with Crippen molar-refractivity contribution in [3.8, 4) is 10.4 Å². The fraction of sp³-hybridized carbons (Fsp3) is 0.545. The van der Waals surface area contributed by atoms with Gasteiger partial charge < -0.3 is 0 Å². The molecular weight excluding hydrogens is 415 g/mol. The summed E-state index contributed by atoms with van der Waals surface area (Å²) in [7, 11) is 0. The third-order valence-electron chi connectivity index (χ3n) is 4.66. The standard InChI is InChI=1S/C22H31S.Sn.H/c1-2-3-4-5-6-7-8-9-10-12-17-21-18-19-23-22(21)20-15-13-11-14-16-20;;/h11,13-16,18H,2-10,12,17H2,1H3;;. The van der Waals surface area contributed by atoms with Crippen LogP contribution in [0.25, 0.3) is 10.4 Å². The fourth-order valence-electron chi connectivity index (χ4n) is 3.27. The van der Waals surface area contributed by atoms with Crippen molar-refractivity contribution in [3.05, 3.63) is 42.0 Å². The van der Waals surface area contributed by atoms with Crippen LogP contribution in [0.15, 0.2) is 36.4 Å². The number of hydrogen-bond acceptors (Lipinski definition) is 1. The van der Waals surface area contributed by atoms with Gasteiger partial charge in [-0.15, -0.1) is 0 Å². The van der Waals surface area contributed by atoms with E-state index in [2.05, 4.69) is 43.3 Å². The zero-order valence-electron chi connectivity index (χ0n) is 15.2. The predicted octanol–water partition coefficient (Wildman–Crippen LogP) is 6.40. The molecule has 2 radical (unpaired) electrons. The van der Waals surface area contributed by atoms with Crippen LogP contribution in [-0.4, -0.2) is 22.5 Å². The summed E-state index contributed by atoms with van der Waals surface area (Å²) in [5.74, 6) is 0. The summed E-state index contributed by atoms with van der Waals surface area (Å²) in [6, 6.07) is 13.4. The Morgan fingerprint density at radius 2 is 1.38 bits per heavy atom. The first-order valence-electron chi connectivity index (χ1n) is 9.75. The van der Waals surface area contributed by atoms with Crippen LogP contribution < -0.4 is 2.89 Å². The van der Waals surface area contributed by atoms with Crippen molar-refractivity contribution in [2.75, 3.05) is 0 Å². The van der Waals surface area contributed by atoms with Gasteiger partial charge in [0.15, 0.2) is 0 Å². The average Bonchev–Trinajstić information content (AvgIpc) is 2.98. The van der Waals surface area contributed by atoms with Gasteiger partial charge in [-0.3, -0.25) is 0 Å². The molecule has 2 aromatic rings. The summed E-state index contributed by atoms with van der Waals surface area (Å²) in [4.78, 5) is 1.52. The molecule has 0 bridgehead atoms. The Bertz CT molecular complexity index is 559. The van der Waals surface area contributed by atoms with E-state index in [1.807, 2.05) is 11.3 Å². The van der Waals surface area contributed by atoms with Crippen LogP contribution in [0.2, 0.25) is 0 Å². The number of aryl methyl sites for hydroxylation is 1. The van der Waals surface area contributed by atoms with Crippen LogP contribution in [0.4, 0.5) is 0 Å². The van der Waals surface area contributed by atoms with Crippen molar-refractivity contribution in [1.29, 1.82) is 0 Å². The maximum atomic E-state index is 2.46. The molecule has 0 amide bonds. The van der Waals surface area contributed by atoms with E-state index < -0.39 is 0 Å². The number of rotatable bonds is 12. The Hall–Kier alpha value is -0.281. The van der Waals surface area contributed by atoms with Crippen LogP contribution in [0.5, 0.6) is 0 Å². The molecule has 2 rings (SSSR count). The van der Waals surface area contributed by atoms with Gasteiger partial charge in [-0.1, -0.05) is 19.8 Å². The van der Waals surface area contributed by atoms with Crippen LogP contribution in [0, 0.1) is 0 Å². The molecule has 0 saturated heterocycles. The molecule has 0 unspecified atom stereocenters. The van der Waals surface area contributed by atoms with E-state index in [9.17, 15) is 0 Å². The van der Waals surface area contributed by atoms with E-state index in [1.165, 1.54) is 104 Å². The molecule has 1 heterocycles. The molecule has 0 atom stereocenters. The summed E-state index contributed by atoms with van der Waals surface area (Å²) in [5.41, 5.74) is 3.00. The zero-order valence-corrected chi connectivity index (χ0v) is 19.3. The van der Waals surface area contributed by atoms with Crippen LogP contribution in [-0.2, 0) is 6.42 Å². The van der Waals surface area contributed by atoms with Gasteiger partial charge in [0.05, 0.1) is 0 Å². The van der Waals surface area contributed by atoms with E-state index in [0.29, 0.717) is 0 Å². The van der Waals surface area contributed by atoms with Crippen molar-refractivity contribution in [2.24, 2.45) is 0 Å². The number of hydrogen-bond donors (Lipinski definition) is 0. The van der Waals surface area contributed by atoms with E-state index in [1.54, 1.807) is 8.46 Å². The first kappa shape index (κ1) is 20.0. The number of unbranched alkanes of at least 4 members (excludes halogenated alkanes) is 9. The third kappa shape index (κ3) is 7.31. The minimum atomic E-state index is 1.24. The molecule has 1 aromatic carbocycles. The van der Waals surface area contributed by atoms with Crippen molar-refractivity contribution < 1.29 is 0 Å². The molecule has 1 aromatic heterocycles. The van der Waals surface area contributed by atoms with Gasteiger partial charge in [-0.2, -0.15) is 0 Å². The number of thiophene rings is 1. The normalized spacial score (nSPS) is 11.1. The molecule has 0 nitrogen and oxygen atoms in total. The van der Waals surface area contributed by atoms with E-state index in [-0.39, 0.29) is 0 Å². The molecule has 0 fully saturated rings. The van der Waals surface area contributed by atoms with Gasteiger partial charge in [0.25, 0.3) is 0 Å². The monoisotopic (exact) mass is 448 g/mol. The Morgan fingerprint density at radius 3 is 2.00 bits per heavy atom. The number of benzene rings is 1. The summed E-state index contributed by atoms with van der Waals surface area (Å²) in [6.07, 6.45) is 15.4. The fourth-order valence-corrected chi connectivity index (χ4v) is 5.84. The molecule has 0 N–H and O–H groups in total. The minimum absolute atomic E-state index is 1.24. The predicted molar refractivity (Wildman–Crippen MR) is 112 cm³/mol. The van der Waals surface area contributed by atoms with Crippen LogP contribution in [0.3, 0.4) is 0 Å². The molecule has 0 saturated carbocycles. The average molecular weight is 447 g/mol. The first-order valence-corrected chi connectivity index (χ1v) is 12.2. The Labute approximate surface area is 166 Å². The Kier molecular flexibility index (Phi) is 10.1. The topological polar surface area (TPSA) is 0 Å². The molecule has 0 aliphatic rings. The molecule has 2 heteroatoms. The summed E-state index contributed by atoms with van der Waals surface area (Å²) >= 11 is 3.25. The summed E-state index contributed by atoms with van der Waals surface area (Å²) in [6.45, 7) is 2.29. The Balaban J connectivity index is 1.65. The zero-order chi connectivity index (χ0) is 17.0. The van der Waals surface area contributed by atoms with E-state index in [4.69, 9.17) is 0 Å². The molecular formula is C22H32SSn. The molecule has 24 heavy (non-hydrogen) atoms. The second kappa shape index (κ2) is 12.1.